The lowest BCUT2D eigenvalue weighted by atomic mass is 10.1. The van der Waals surface area contributed by atoms with Gasteiger partial charge in [0.15, 0.2) is 5.82 Å². The molecule has 0 bridgehead atoms. The molecule has 0 saturated carbocycles. The predicted molar refractivity (Wildman–Crippen MR) is 110 cm³/mol. The summed E-state index contributed by atoms with van der Waals surface area (Å²) in [6.45, 7) is 6.91. The smallest absolute Gasteiger partial charge is 0.252 e. The topological polar surface area (TPSA) is 96.6 Å². The molecule has 3 heterocycles. The van der Waals surface area contributed by atoms with E-state index in [1.54, 1.807) is 22.4 Å². The third-order valence-corrected chi connectivity index (χ3v) is 8.20. The highest BCUT2D eigenvalue weighted by Crippen LogP contribution is 2.26. The van der Waals surface area contributed by atoms with Gasteiger partial charge in [-0.3, -0.25) is 4.79 Å². The zero-order chi connectivity index (χ0) is 21.0. The first kappa shape index (κ1) is 21.9. The molecule has 1 saturated heterocycles. The van der Waals surface area contributed by atoms with Crippen molar-refractivity contribution in [2.24, 2.45) is 5.92 Å². The molecule has 0 spiro atoms. The maximum atomic E-state index is 12.9. The number of hydrogen-bond acceptors (Lipinski definition) is 7. The van der Waals surface area contributed by atoms with E-state index in [0.29, 0.717) is 47.9 Å². The van der Waals surface area contributed by atoms with Crippen molar-refractivity contribution in [3.63, 3.8) is 0 Å². The van der Waals surface area contributed by atoms with Crippen LogP contribution in [0.2, 0.25) is 0 Å². The molecule has 160 valence electrons. The Morgan fingerprint density at radius 1 is 1.45 bits per heavy atom. The lowest BCUT2D eigenvalue weighted by Gasteiger charge is -2.38. The minimum Gasteiger partial charge on any atom is -0.339 e. The molecule has 2 aromatic heterocycles. The summed E-state index contributed by atoms with van der Waals surface area (Å²) in [5, 5.41) is 5.76. The molecule has 3 rings (SSSR count). The van der Waals surface area contributed by atoms with Gasteiger partial charge in [0.1, 0.15) is 4.21 Å². The molecule has 0 aromatic carbocycles. The Hall–Kier alpha value is -1.78. The second-order valence-corrected chi connectivity index (χ2v) is 10.9. The summed E-state index contributed by atoms with van der Waals surface area (Å²) in [6.07, 6.45) is 2.71. The van der Waals surface area contributed by atoms with Gasteiger partial charge in [0.25, 0.3) is 10.0 Å². The number of piperidine rings is 1. The molecule has 1 aliphatic rings. The summed E-state index contributed by atoms with van der Waals surface area (Å²) in [7, 11) is -3.51. The van der Waals surface area contributed by atoms with Crippen molar-refractivity contribution in [3.8, 4) is 0 Å². The van der Waals surface area contributed by atoms with Gasteiger partial charge in [-0.05, 0) is 30.2 Å². The van der Waals surface area contributed by atoms with Gasteiger partial charge in [0.2, 0.25) is 11.8 Å². The van der Waals surface area contributed by atoms with E-state index < -0.39 is 10.0 Å². The van der Waals surface area contributed by atoms with Crippen LogP contribution in [0.3, 0.4) is 0 Å². The zero-order valence-corrected chi connectivity index (χ0v) is 18.7. The number of carbonyl (C=O) groups is 1. The molecule has 1 aliphatic heterocycles. The fourth-order valence-electron chi connectivity index (χ4n) is 3.57. The fraction of sp³-hybridized carbons (Fsp3) is 0.632. The van der Waals surface area contributed by atoms with E-state index >= 15 is 0 Å². The average Bonchev–Trinajstić information content (AvgIpc) is 3.34. The highest BCUT2D eigenvalue weighted by atomic mass is 32.2. The lowest BCUT2D eigenvalue weighted by molar-refractivity contribution is -0.131. The minimum absolute atomic E-state index is 0.0729. The van der Waals surface area contributed by atoms with Crippen LogP contribution < -0.4 is 0 Å². The third kappa shape index (κ3) is 5.43. The van der Waals surface area contributed by atoms with Crippen LogP contribution in [0.25, 0.3) is 0 Å². The lowest BCUT2D eigenvalue weighted by Crippen LogP contribution is -2.51. The molecule has 1 unspecified atom stereocenters. The van der Waals surface area contributed by atoms with Gasteiger partial charge < -0.3 is 9.42 Å². The molecule has 1 fully saturated rings. The number of nitrogens with zero attached hydrogens (tertiary/aromatic N) is 4. The highest BCUT2D eigenvalue weighted by molar-refractivity contribution is 7.91. The van der Waals surface area contributed by atoms with Crippen molar-refractivity contribution in [3.05, 3.63) is 29.2 Å². The fourth-order valence-corrected chi connectivity index (χ4v) is 6.23. The Labute approximate surface area is 175 Å². The number of aromatic nitrogens is 2. The summed E-state index contributed by atoms with van der Waals surface area (Å²) in [4.78, 5) is 18.4. The standard InChI is InChI=1S/C19H28N4O4S2/c1-14(2)12-18-20-17(21-27-18)8-10-23(15(3)24)16-6-4-9-22(13-16)29(25,26)19-7-5-11-28-19/h5,7,11,14,16H,4,6,8-10,12-13H2,1-3H3. The Balaban J connectivity index is 1.65. The maximum Gasteiger partial charge on any atom is 0.252 e. The molecule has 2 aromatic rings. The number of carbonyl (C=O) groups excluding carboxylic acids is 1. The Bertz CT molecular complexity index is 909. The van der Waals surface area contributed by atoms with Crippen molar-refractivity contribution >= 4 is 27.3 Å². The van der Waals surface area contributed by atoms with E-state index in [4.69, 9.17) is 4.52 Å². The number of rotatable bonds is 8. The molecule has 0 radical (unpaired) electrons. The van der Waals surface area contributed by atoms with E-state index in [2.05, 4.69) is 24.0 Å². The van der Waals surface area contributed by atoms with E-state index in [9.17, 15) is 13.2 Å². The normalized spacial score (nSPS) is 18.3. The van der Waals surface area contributed by atoms with E-state index in [-0.39, 0.29) is 11.9 Å². The summed E-state index contributed by atoms with van der Waals surface area (Å²) < 4.78 is 32.8. The second kappa shape index (κ2) is 9.36. The van der Waals surface area contributed by atoms with Gasteiger partial charge in [-0.2, -0.15) is 9.29 Å². The maximum absolute atomic E-state index is 12.9. The molecular formula is C19H28N4O4S2. The quantitative estimate of drug-likeness (QED) is 0.626. The van der Waals surface area contributed by atoms with Crippen molar-refractivity contribution in [2.45, 2.75) is 56.7 Å². The van der Waals surface area contributed by atoms with Crippen LogP contribution in [0, 0.1) is 5.92 Å². The second-order valence-electron chi connectivity index (χ2n) is 7.76. The van der Waals surface area contributed by atoms with Gasteiger partial charge >= 0.3 is 0 Å². The molecule has 1 amide bonds. The van der Waals surface area contributed by atoms with Gasteiger partial charge in [-0.25, -0.2) is 8.42 Å². The van der Waals surface area contributed by atoms with E-state index in [0.717, 1.165) is 19.3 Å². The van der Waals surface area contributed by atoms with Crippen LogP contribution in [0.4, 0.5) is 0 Å². The number of amides is 1. The summed E-state index contributed by atoms with van der Waals surface area (Å²) in [5.41, 5.74) is 0. The molecule has 0 aliphatic carbocycles. The van der Waals surface area contributed by atoms with Crippen LogP contribution in [0.1, 0.15) is 45.3 Å². The van der Waals surface area contributed by atoms with Crippen molar-refractivity contribution in [1.29, 1.82) is 0 Å². The molecule has 29 heavy (non-hydrogen) atoms. The van der Waals surface area contributed by atoms with Crippen LogP contribution in [0.15, 0.2) is 26.2 Å². The predicted octanol–water partition coefficient (Wildman–Crippen LogP) is 2.57. The van der Waals surface area contributed by atoms with Crippen LogP contribution in [-0.4, -0.2) is 59.3 Å². The molecule has 8 nitrogen and oxygen atoms in total. The molecule has 10 heteroatoms. The first-order valence-electron chi connectivity index (χ1n) is 9.89. The van der Waals surface area contributed by atoms with E-state index in [1.165, 1.54) is 22.6 Å². The zero-order valence-electron chi connectivity index (χ0n) is 17.1. The van der Waals surface area contributed by atoms with Crippen LogP contribution >= 0.6 is 11.3 Å². The van der Waals surface area contributed by atoms with Crippen LogP contribution in [0.5, 0.6) is 0 Å². The van der Waals surface area contributed by atoms with Crippen molar-refractivity contribution < 1.29 is 17.7 Å². The van der Waals surface area contributed by atoms with Crippen LogP contribution in [-0.2, 0) is 27.7 Å². The number of sulfonamides is 1. The molecule has 1 atom stereocenters. The Kier molecular flexibility index (Phi) is 7.07. The van der Waals surface area contributed by atoms with E-state index in [1.807, 2.05) is 0 Å². The third-order valence-electron chi connectivity index (χ3n) is 4.96. The first-order valence-corrected chi connectivity index (χ1v) is 12.2. The summed E-state index contributed by atoms with van der Waals surface area (Å²) >= 11 is 1.22. The van der Waals surface area contributed by atoms with Gasteiger partial charge in [0.05, 0.1) is 0 Å². The number of hydrogen-bond donors (Lipinski definition) is 0. The first-order chi connectivity index (χ1) is 13.8. The minimum atomic E-state index is -3.51. The average molecular weight is 441 g/mol. The molecule has 0 N–H and O–H groups in total. The largest absolute Gasteiger partial charge is 0.339 e. The SMILES string of the molecule is CC(=O)N(CCc1noc(CC(C)C)n1)C1CCCN(S(=O)(=O)c2cccs2)C1. The Morgan fingerprint density at radius 3 is 2.90 bits per heavy atom. The van der Waals surface area contributed by atoms with Crippen molar-refractivity contribution in [1.82, 2.24) is 19.3 Å². The Morgan fingerprint density at radius 2 is 2.24 bits per heavy atom. The van der Waals surface area contributed by atoms with Gasteiger partial charge in [-0.1, -0.05) is 25.1 Å². The number of thiophene rings is 1. The summed E-state index contributed by atoms with van der Waals surface area (Å²) in [6, 6.07) is 3.20. The summed E-state index contributed by atoms with van der Waals surface area (Å²) in [5.74, 6) is 1.54. The van der Waals surface area contributed by atoms with Crippen molar-refractivity contribution in [2.75, 3.05) is 19.6 Å². The van der Waals surface area contributed by atoms with Gasteiger partial charge in [-0.15, -0.1) is 11.3 Å². The van der Waals surface area contributed by atoms with Gasteiger partial charge in [0, 0.05) is 45.4 Å². The monoisotopic (exact) mass is 440 g/mol. The molecular weight excluding hydrogens is 412 g/mol. The highest BCUT2D eigenvalue weighted by Gasteiger charge is 2.34.